The number of sulfone groups is 1. The summed E-state index contributed by atoms with van der Waals surface area (Å²) in [6.45, 7) is 0.0781. The van der Waals surface area contributed by atoms with E-state index in [2.05, 4.69) is 32.9 Å². The lowest BCUT2D eigenvalue weighted by molar-refractivity contribution is -0.101. The molecule has 1 aromatic heterocycles. The number of hydroxylamine groups is 2. The third-order valence-electron chi connectivity index (χ3n) is 5.26. The monoisotopic (exact) mass is 606 g/mol. The molecular formula is C21H21ClFIN4O4S. The summed E-state index contributed by atoms with van der Waals surface area (Å²) in [4.78, 5) is 22.8. The summed E-state index contributed by atoms with van der Waals surface area (Å²) >= 11 is 8.45. The molecule has 1 saturated carbocycles. The second kappa shape index (κ2) is 9.35. The molecule has 0 saturated heterocycles. The smallest absolute Gasteiger partial charge is 0.279 e. The van der Waals surface area contributed by atoms with E-state index in [1.54, 1.807) is 18.2 Å². The maximum absolute atomic E-state index is 15.7. The van der Waals surface area contributed by atoms with Gasteiger partial charge in [-0.25, -0.2) is 22.9 Å². The van der Waals surface area contributed by atoms with Crippen molar-refractivity contribution in [2.75, 3.05) is 24.4 Å². The van der Waals surface area contributed by atoms with Crippen molar-refractivity contribution >= 4 is 72.3 Å². The minimum atomic E-state index is -3.25. The number of halogens is 3. The molecule has 1 amide bonds. The van der Waals surface area contributed by atoms with Crippen LogP contribution in [0.1, 0.15) is 23.2 Å². The van der Waals surface area contributed by atoms with Crippen molar-refractivity contribution in [1.29, 1.82) is 0 Å². The standard InChI is InChI=1S/C21H21ClFIN4O4S/c1-32-28(13-4-5-13)21(29)14-10-17-20(25-11-27(17)7-8-33(2,30)31)18(23)19(14)26-16-6-3-12(24)9-15(16)22/h3,6,9-11,13,26H,4-5,7-8H2,1-2H3. The van der Waals surface area contributed by atoms with Crippen LogP contribution in [-0.2, 0) is 21.2 Å². The molecule has 3 aromatic rings. The van der Waals surface area contributed by atoms with Gasteiger partial charge in [-0.2, -0.15) is 0 Å². The summed E-state index contributed by atoms with van der Waals surface area (Å²) in [5.74, 6) is -1.40. The van der Waals surface area contributed by atoms with Gasteiger partial charge in [0.1, 0.15) is 15.4 Å². The first-order valence-corrected chi connectivity index (χ1v) is 13.6. The van der Waals surface area contributed by atoms with E-state index in [9.17, 15) is 13.2 Å². The Bertz CT molecular complexity index is 1340. The Labute approximate surface area is 209 Å². The number of fused-ring (bicyclic) bond motifs is 1. The summed E-state index contributed by atoms with van der Waals surface area (Å²) in [5.41, 5.74) is 0.706. The molecule has 33 heavy (non-hydrogen) atoms. The van der Waals surface area contributed by atoms with Crippen molar-refractivity contribution in [3.05, 3.63) is 50.6 Å². The Kier molecular flexibility index (Phi) is 6.85. The molecule has 0 spiro atoms. The molecule has 1 aliphatic carbocycles. The summed E-state index contributed by atoms with van der Waals surface area (Å²) < 4.78 is 41.4. The fourth-order valence-corrected chi connectivity index (χ4v) is 4.87. The molecule has 12 heteroatoms. The third kappa shape index (κ3) is 5.26. The molecule has 1 aliphatic rings. The second-order valence-corrected chi connectivity index (χ2v) is 11.8. The van der Waals surface area contributed by atoms with Crippen LogP contribution in [0.15, 0.2) is 30.6 Å². The van der Waals surface area contributed by atoms with E-state index in [1.165, 1.54) is 29.1 Å². The molecule has 0 bridgehead atoms. The lowest BCUT2D eigenvalue weighted by Gasteiger charge is -2.22. The lowest BCUT2D eigenvalue weighted by Crippen LogP contribution is -2.32. The highest BCUT2D eigenvalue weighted by Crippen LogP contribution is 2.36. The molecule has 0 unspecified atom stereocenters. The number of carbonyl (C=O) groups is 1. The largest absolute Gasteiger partial charge is 0.351 e. The van der Waals surface area contributed by atoms with Crippen LogP contribution in [-0.4, -0.2) is 54.1 Å². The number of amides is 1. The predicted octanol–water partition coefficient (Wildman–Crippen LogP) is 4.39. The molecule has 8 nitrogen and oxygen atoms in total. The van der Waals surface area contributed by atoms with Crippen LogP contribution in [0.2, 0.25) is 5.02 Å². The summed E-state index contributed by atoms with van der Waals surface area (Å²) in [5, 5.41) is 4.55. The van der Waals surface area contributed by atoms with Crippen molar-refractivity contribution in [1.82, 2.24) is 14.6 Å². The predicted molar refractivity (Wildman–Crippen MR) is 133 cm³/mol. The highest BCUT2D eigenvalue weighted by molar-refractivity contribution is 14.1. The van der Waals surface area contributed by atoms with Gasteiger partial charge in [0.2, 0.25) is 0 Å². The highest BCUT2D eigenvalue weighted by Gasteiger charge is 2.36. The number of anilines is 2. The van der Waals surface area contributed by atoms with Crippen molar-refractivity contribution in [3.8, 4) is 0 Å². The van der Waals surface area contributed by atoms with Gasteiger partial charge in [-0.15, -0.1) is 0 Å². The van der Waals surface area contributed by atoms with Crippen molar-refractivity contribution in [2.24, 2.45) is 0 Å². The Hall–Kier alpha value is -1.96. The maximum atomic E-state index is 15.7. The Morgan fingerprint density at radius 2 is 2.12 bits per heavy atom. The van der Waals surface area contributed by atoms with Gasteiger partial charge in [-0.3, -0.25) is 9.63 Å². The number of nitrogens with one attached hydrogen (secondary N) is 1. The zero-order chi connectivity index (χ0) is 23.9. The number of benzene rings is 2. The number of aryl methyl sites for hydroxylation is 1. The van der Waals surface area contributed by atoms with Crippen LogP contribution in [0.5, 0.6) is 0 Å². The van der Waals surface area contributed by atoms with Crippen LogP contribution < -0.4 is 5.32 Å². The van der Waals surface area contributed by atoms with Crippen LogP contribution in [0, 0.1) is 9.39 Å². The average Bonchev–Trinajstić information content (AvgIpc) is 3.49. The van der Waals surface area contributed by atoms with Gasteiger partial charge < -0.3 is 9.88 Å². The van der Waals surface area contributed by atoms with Gasteiger partial charge >= 0.3 is 0 Å². The molecule has 0 atom stereocenters. The van der Waals surface area contributed by atoms with Gasteiger partial charge in [0.25, 0.3) is 5.91 Å². The van der Waals surface area contributed by atoms with E-state index in [1.807, 2.05) is 0 Å². The number of nitrogens with zero attached hydrogens (tertiary/aromatic N) is 3. The molecular weight excluding hydrogens is 586 g/mol. The topological polar surface area (TPSA) is 93.5 Å². The number of rotatable bonds is 8. The Balaban J connectivity index is 1.85. The summed E-state index contributed by atoms with van der Waals surface area (Å²) in [7, 11) is -1.85. The number of hydrogen-bond donors (Lipinski definition) is 1. The van der Waals surface area contributed by atoms with Gasteiger partial charge in [0, 0.05) is 16.4 Å². The quantitative estimate of drug-likeness (QED) is 0.302. The highest BCUT2D eigenvalue weighted by atomic mass is 127. The maximum Gasteiger partial charge on any atom is 0.279 e. The van der Waals surface area contributed by atoms with E-state index in [-0.39, 0.29) is 35.1 Å². The Morgan fingerprint density at radius 1 is 1.39 bits per heavy atom. The normalized spacial score (nSPS) is 14.0. The molecule has 1 N–H and O–H groups in total. The molecule has 0 aliphatic heterocycles. The molecule has 4 rings (SSSR count). The molecule has 0 radical (unpaired) electrons. The number of hydrogen-bond acceptors (Lipinski definition) is 6. The number of imidazole rings is 1. The number of carbonyl (C=O) groups excluding carboxylic acids is 1. The van der Waals surface area contributed by atoms with Crippen LogP contribution in [0.25, 0.3) is 11.0 Å². The molecule has 1 heterocycles. The van der Waals surface area contributed by atoms with E-state index in [4.69, 9.17) is 16.4 Å². The molecule has 1 fully saturated rings. The van der Waals surface area contributed by atoms with E-state index in [0.29, 0.717) is 16.2 Å². The fraction of sp³-hybridized carbons (Fsp3) is 0.333. The first kappa shape index (κ1) is 24.2. The minimum absolute atomic E-state index is 0.0135. The lowest BCUT2D eigenvalue weighted by atomic mass is 10.1. The zero-order valence-corrected chi connectivity index (χ0v) is 21.5. The van der Waals surface area contributed by atoms with Crippen molar-refractivity contribution in [2.45, 2.75) is 25.4 Å². The Morgan fingerprint density at radius 3 is 2.73 bits per heavy atom. The number of aromatic nitrogens is 2. The first-order valence-electron chi connectivity index (χ1n) is 10.0. The van der Waals surface area contributed by atoms with Crippen molar-refractivity contribution in [3.63, 3.8) is 0 Å². The van der Waals surface area contributed by atoms with Crippen LogP contribution in [0.4, 0.5) is 15.8 Å². The van der Waals surface area contributed by atoms with E-state index >= 15 is 4.39 Å². The first-order chi connectivity index (χ1) is 15.6. The van der Waals surface area contributed by atoms with Crippen molar-refractivity contribution < 1.29 is 22.4 Å². The minimum Gasteiger partial charge on any atom is -0.351 e. The second-order valence-electron chi connectivity index (χ2n) is 7.84. The molecule has 176 valence electrons. The third-order valence-corrected chi connectivity index (χ3v) is 7.16. The van der Waals surface area contributed by atoms with Gasteiger partial charge in [-0.05, 0) is 59.7 Å². The summed E-state index contributed by atoms with van der Waals surface area (Å²) in [6, 6.07) is 6.65. The fourth-order valence-electron chi connectivity index (χ4n) is 3.44. The zero-order valence-electron chi connectivity index (χ0n) is 17.8. The van der Waals surface area contributed by atoms with Crippen LogP contribution >= 0.6 is 34.2 Å². The SMILES string of the molecule is CON(C(=O)c1cc2c(ncn2CCS(C)(=O)=O)c(F)c1Nc1ccc(I)cc1Cl)C1CC1. The summed E-state index contributed by atoms with van der Waals surface area (Å²) in [6.07, 6.45) is 4.08. The molecule has 2 aromatic carbocycles. The van der Waals surface area contributed by atoms with Crippen LogP contribution in [0.3, 0.4) is 0 Å². The van der Waals surface area contributed by atoms with Gasteiger partial charge in [-0.1, -0.05) is 11.6 Å². The van der Waals surface area contributed by atoms with E-state index < -0.39 is 21.6 Å². The van der Waals surface area contributed by atoms with E-state index in [0.717, 1.165) is 22.7 Å². The average molecular weight is 607 g/mol. The van der Waals surface area contributed by atoms with Gasteiger partial charge in [0.05, 0.1) is 52.7 Å². The van der Waals surface area contributed by atoms with Gasteiger partial charge in [0.15, 0.2) is 5.82 Å².